The first-order valence-electron chi connectivity index (χ1n) is 10.1. The van der Waals surface area contributed by atoms with Crippen molar-refractivity contribution < 1.29 is 23.1 Å². The van der Waals surface area contributed by atoms with Crippen LogP contribution in [0.2, 0.25) is 0 Å². The molecule has 32 heavy (non-hydrogen) atoms. The molecule has 1 amide bonds. The molecule has 3 rings (SSSR count). The number of aryl methyl sites for hydroxylation is 1. The second-order valence-electron chi connectivity index (χ2n) is 7.17. The Kier molecular flexibility index (Phi) is 7.86. The molecule has 0 aliphatic heterocycles. The molecule has 0 radical (unpaired) electrons. The fourth-order valence-electron chi connectivity index (χ4n) is 3.01. The highest BCUT2D eigenvalue weighted by Crippen LogP contribution is 2.28. The molecule has 0 saturated heterocycles. The number of sulfonamides is 1. The number of aliphatic hydroxyl groups excluding tert-OH is 1. The Hall–Kier alpha value is -3.36. The van der Waals surface area contributed by atoms with E-state index in [0.717, 1.165) is 11.1 Å². The molecule has 0 aliphatic rings. The van der Waals surface area contributed by atoms with E-state index in [-0.39, 0.29) is 37.1 Å². The average molecular weight is 455 g/mol. The third-order valence-electron chi connectivity index (χ3n) is 4.71. The molecule has 3 aromatic carbocycles. The molecule has 0 unspecified atom stereocenters. The van der Waals surface area contributed by atoms with Gasteiger partial charge in [-0.2, -0.15) is 0 Å². The van der Waals surface area contributed by atoms with Crippen LogP contribution in [0.4, 0.5) is 5.69 Å². The SMILES string of the molecule is Cc1ccc(S(=O)(=O)N(Cc2ccccc2)c2ccc(OCC(=O)NCCO)cc2)cc1. The molecular formula is C24H26N2O5S. The highest BCUT2D eigenvalue weighted by Gasteiger charge is 2.25. The van der Waals surface area contributed by atoms with Gasteiger partial charge in [-0.3, -0.25) is 9.10 Å². The van der Waals surface area contributed by atoms with Crippen LogP contribution >= 0.6 is 0 Å². The van der Waals surface area contributed by atoms with E-state index in [4.69, 9.17) is 9.84 Å². The third kappa shape index (κ3) is 6.09. The van der Waals surface area contributed by atoms with E-state index in [1.54, 1.807) is 48.5 Å². The third-order valence-corrected chi connectivity index (χ3v) is 6.49. The number of nitrogens with one attached hydrogen (secondary N) is 1. The molecule has 0 spiro atoms. The zero-order valence-electron chi connectivity index (χ0n) is 17.8. The number of ether oxygens (including phenoxy) is 1. The first-order valence-corrected chi connectivity index (χ1v) is 11.6. The van der Waals surface area contributed by atoms with Crippen LogP contribution in [0.5, 0.6) is 5.75 Å². The van der Waals surface area contributed by atoms with Gasteiger partial charge in [0.2, 0.25) is 0 Å². The van der Waals surface area contributed by atoms with Crippen molar-refractivity contribution in [3.05, 3.63) is 90.0 Å². The van der Waals surface area contributed by atoms with Crippen molar-refractivity contribution in [2.45, 2.75) is 18.4 Å². The van der Waals surface area contributed by atoms with E-state index >= 15 is 0 Å². The lowest BCUT2D eigenvalue weighted by atomic mass is 10.2. The lowest BCUT2D eigenvalue weighted by Gasteiger charge is -2.25. The number of hydrogen-bond donors (Lipinski definition) is 2. The molecule has 168 valence electrons. The lowest BCUT2D eigenvalue weighted by Crippen LogP contribution is -2.31. The van der Waals surface area contributed by atoms with Crippen molar-refractivity contribution in [2.75, 3.05) is 24.1 Å². The van der Waals surface area contributed by atoms with E-state index in [9.17, 15) is 13.2 Å². The highest BCUT2D eigenvalue weighted by molar-refractivity contribution is 7.92. The van der Waals surface area contributed by atoms with E-state index in [0.29, 0.717) is 11.4 Å². The Morgan fingerprint density at radius 2 is 1.62 bits per heavy atom. The number of carbonyl (C=O) groups excluding carboxylic acids is 1. The quantitative estimate of drug-likeness (QED) is 0.491. The van der Waals surface area contributed by atoms with Gasteiger partial charge in [-0.15, -0.1) is 0 Å². The summed E-state index contributed by atoms with van der Waals surface area (Å²) in [6, 6.07) is 22.6. The first-order chi connectivity index (χ1) is 15.4. The van der Waals surface area contributed by atoms with Crippen molar-refractivity contribution in [2.24, 2.45) is 0 Å². The predicted molar refractivity (Wildman–Crippen MR) is 123 cm³/mol. The Morgan fingerprint density at radius 3 is 2.25 bits per heavy atom. The number of hydrogen-bond acceptors (Lipinski definition) is 5. The number of anilines is 1. The summed E-state index contributed by atoms with van der Waals surface area (Å²) in [5.41, 5.74) is 2.30. The normalized spacial score (nSPS) is 11.1. The second kappa shape index (κ2) is 10.8. The topological polar surface area (TPSA) is 95.9 Å². The second-order valence-corrected chi connectivity index (χ2v) is 9.03. The largest absolute Gasteiger partial charge is 0.484 e. The van der Waals surface area contributed by atoms with Crippen LogP contribution in [-0.4, -0.2) is 39.2 Å². The molecule has 0 aromatic heterocycles. The number of rotatable bonds is 10. The monoisotopic (exact) mass is 454 g/mol. The van der Waals surface area contributed by atoms with Gasteiger partial charge in [0.05, 0.1) is 23.7 Å². The molecule has 0 fully saturated rings. The number of benzene rings is 3. The minimum atomic E-state index is -3.81. The van der Waals surface area contributed by atoms with Crippen LogP contribution in [0.3, 0.4) is 0 Å². The van der Waals surface area contributed by atoms with E-state index < -0.39 is 10.0 Å². The fraction of sp³-hybridized carbons (Fsp3) is 0.208. The maximum absolute atomic E-state index is 13.5. The van der Waals surface area contributed by atoms with Crippen molar-refractivity contribution in [3.63, 3.8) is 0 Å². The molecule has 0 saturated carbocycles. The minimum Gasteiger partial charge on any atom is -0.484 e. The van der Waals surface area contributed by atoms with Crippen LogP contribution in [0.15, 0.2) is 83.8 Å². The van der Waals surface area contributed by atoms with Crippen molar-refractivity contribution >= 4 is 21.6 Å². The van der Waals surface area contributed by atoms with Crippen molar-refractivity contribution in [1.29, 1.82) is 0 Å². The van der Waals surface area contributed by atoms with Gasteiger partial charge in [0.15, 0.2) is 6.61 Å². The van der Waals surface area contributed by atoms with Gasteiger partial charge in [-0.25, -0.2) is 8.42 Å². The van der Waals surface area contributed by atoms with Crippen LogP contribution in [0.25, 0.3) is 0 Å². The van der Waals surface area contributed by atoms with Crippen molar-refractivity contribution in [1.82, 2.24) is 5.32 Å². The Balaban J connectivity index is 1.85. The van der Waals surface area contributed by atoms with Gasteiger partial charge in [0.1, 0.15) is 5.75 Å². The van der Waals surface area contributed by atoms with Crippen LogP contribution in [0, 0.1) is 6.92 Å². The molecule has 8 heteroatoms. The van der Waals surface area contributed by atoms with Crippen LogP contribution in [0.1, 0.15) is 11.1 Å². The smallest absolute Gasteiger partial charge is 0.264 e. The molecular weight excluding hydrogens is 428 g/mol. The van der Waals surface area contributed by atoms with Crippen LogP contribution < -0.4 is 14.4 Å². The molecule has 2 N–H and O–H groups in total. The van der Waals surface area contributed by atoms with E-state index in [2.05, 4.69) is 5.32 Å². The summed E-state index contributed by atoms with van der Waals surface area (Å²) in [7, 11) is -3.81. The molecule has 0 aliphatic carbocycles. The Morgan fingerprint density at radius 1 is 0.969 bits per heavy atom. The zero-order chi connectivity index (χ0) is 23.0. The molecule has 0 atom stereocenters. The van der Waals surface area contributed by atoms with Gasteiger partial charge in [-0.05, 0) is 48.9 Å². The number of aliphatic hydroxyl groups is 1. The molecule has 0 bridgehead atoms. The lowest BCUT2D eigenvalue weighted by molar-refractivity contribution is -0.123. The summed E-state index contributed by atoms with van der Waals surface area (Å²) < 4.78 is 33.7. The summed E-state index contributed by atoms with van der Waals surface area (Å²) in [5.74, 6) is 0.0797. The fourth-order valence-corrected chi connectivity index (χ4v) is 4.46. The average Bonchev–Trinajstić information content (AvgIpc) is 2.81. The van der Waals surface area contributed by atoms with E-state index in [1.807, 2.05) is 37.3 Å². The summed E-state index contributed by atoms with van der Waals surface area (Å²) in [6.45, 7) is 1.89. The Bertz CT molecular complexity index is 1120. The summed E-state index contributed by atoms with van der Waals surface area (Å²) in [4.78, 5) is 11.8. The van der Waals surface area contributed by atoms with Gasteiger partial charge in [0.25, 0.3) is 15.9 Å². The molecule has 3 aromatic rings. The first kappa shape index (κ1) is 23.3. The number of carbonyl (C=O) groups is 1. The zero-order valence-corrected chi connectivity index (χ0v) is 18.6. The van der Waals surface area contributed by atoms with Gasteiger partial charge < -0.3 is 15.2 Å². The number of amides is 1. The minimum absolute atomic E-state index is 0.146. The molecule has 7 nitrogen and oxygen atoms in total. The maximum atomic E-state index is 13.5. The van der Waals surface area contributed by atoms with Gasteiger partial charge in [0, 0.05) is 6.54 Å². The predicted octanol–water partition coefficient (Wildman–Crippen LogP) is 2.88. The summed E-state index contributed by atoms with van der Waals surface area (Å²) >= 11 is 0. The highest BCUT2D eigenvalue weighted by atomic mass is 32.2. The number of nitrogens with zero attached hydrogens (tertiary/aromatic N) is 1. The van der Waals surface area contributed by atoms with Crippen LogP contribution in [-0.2, 0) is 21.4 Å². The van der Waals surface area contributed by atoms with Gasteiger partial charge >= 0.3 is 0 Å². The Labute approximate surface area is 188 Å². The summed E-state index contributed by atoms with van der Waals surface area (Å²) in [6.07, 6.45) is 0. The standard InChI is InChI=1S/C24H26N2O5S/c1-19-7-13-23(14-8-19)32(29,30)26(17-20-5-3-2-4-6-20)21-9-11-22(12-10-21)31-18-24(28)25-15-16-27/h2-14,27H,15-18H2,1H3,(H,25,28). The maximum Gasteiger partial charge on any atom is 0.264 e. The molecule has 0 heterocycles. The van der Waals surface area contributed by atoms with Crippen molar-refractivity contribution in [3.8, 4) is 5.75 Å². The van der Waals surface area contributed by atoms with Gasteiger partial charge in [-0.1, -0.05) is 48.0 Å². The van der Waals surface area contributed by atoms with E-state index in [1.165, 1.54) is 4.31 Å². The summed E-state index contributed by atoms with van der Waals surface area (Å²) in [5, 5.41) is 11.2.